The predicted octanol–water partition coefficient (Wildman–Crippen LogP) is 3.98. The van der Waals surface area contributed by atoms with E-state index in [1.807, 2.05) is 20.8 Å². The van der Waals surface area contributed by atoms with Gasteiger partial charge < -0.3 is 5.32 Å². The number of carbonyl (C=O) groups excluding carboxylic acids is 1. The van der Waals surface area contributed by atoms with Crippen LogP contribution in [0.3, 0.4) is 0 Å². The van der Waals surface area contributed by atoms with Gasteiger partial charge in [-0.05, 0) is 43.4 Å². The van der Waals surface area contributed by atoms with Crippen LogP contribution >= 0.6 is 0 Å². The van der Waals surface area contributed by atoms with E-state index in [2.05, 4.69) is 19.2 Å². The first-order valence-electron chi connectivity index (χ1n) is 10.1. The standard InChI is InChI=1S/C21H36N2O3S/c1-6-23(7-2)27(25,26)20-14-11-19(12-15-20)13-16-21(24)22-18(5)10-8-9-17(3)4/h11-12,14-15,17-18H,6-10,13,16H2,1-5H3,(H,22,24). The van der Waals surface area contributed by atoms with E-state index >= 15 is 0 Å². The molecule has 154 valence electrons. The number of nitrogens with one attached hydrogen (secondary N) is 1. The Kier molecular flexibility index (Phi) is 10.0. The van der Waals surface area contributed by atoms with Gasteiger partial charge in [-0.2, -0.15) is 4.31 Å². The van der Waals surface area contributed by atoms with E-state index in [1.54, 1.807) is 24.3 Å². The Morgan fingerprint density at radius 2 is 1.63 bits per heavy atom. The molecular weight excluding hydrogens is 360 g/mol. The smallest absolute Gasteiger partial charge is 0.243 e. The lowest BCUT2D eigenvalue weighted by Crippen LogP contribution is -2.32. The molecule has 0 aliphatic carbocycles. The molecule has 1 unspecified atom stereocenters. The Morgan fingerprint density at radius 1 is 1.04 bits per heavy atom. The summed E-state index contributed by atoms with van der Waals surface area (Å²) in [6, 6.07) is 7.06. The quantitative estimate of drug-likeness (QED) is 0.581. The second-order valence-electron chi connectivity index (χ2n) is 7.53. The predicted molar refractivity (Wildman–Crippen MR) is 111 cm³/mol. The molecule has 1 atom stereocenters. The van der Waals surface area contributed by atoms with E-state index in [4.69, 9.17) is 0 Å². The first-order valence-corrected chi connectivity index (χ1v) is 11.5. The molecular formula is C21H36N2O3S. The number of benzene rings is 1. The van der Waals surface area contributed by atoms with Gasteiger partial charge in [0.15, 0.2) is 0 Å². The van der Waals surface area contributed by atoms with Gasteiger partial charge in [0.2, 0.25) is 15.9 Å². The first kappa shape index (κ1) is 23.6. The van der Waals surface area contributed by atoms with Gasteiger partial charge in [0.1, 0.15) is 0 Å². The van der Waals surface area contributed by atoms with Crippen LogP contribution in [0.25, 0.3) is 0 Å². The third-order valence-corrected chi connectivity index (χ3v) is 6.80. The van der Waals surface area contributed by atoms with Gasteiger partial charge in [-0.25, -0.2) is 8.42 Å². The van der Waals surface area contributed by atoms with Crippen molar-refractivity contribution in [2.24, 2.45) is 5.92 Å². The molecule has 0 heterocycles. The SMILES string of the molecule is CCN(CC)S(=O)(=O)c1ccc(CCC(=O)NC(C)CCCC(C)C)cc1. The van der Waals surface area contributed by atoms with Gasteiger partial charge in [-0.1, -0.05) is 52.7 Å². The summed E-state index contributed by atoms with van der Waals surface area (Å²) in [5, 5.41) is 3.05. The topological polar surface area (TPSA) is 66.5 Å². The molecule has 1 aromatic carbocycles. The second kappa shape index (κ2) is 11.4. The van der Waals surface area contributed by atoms with E-state index in [1.165, 1.54) is 10.7 Å². The number of rotatable bonds is 12. The molecule has 6 heteroatoms. The number of carbonyl (C=O) groups is 1. The average Bonchev–Trinajstić information content (AvgIpc) is 2.60. The van der Waals surface area contributed by atoms with Crippen molar-refractivity contribution in [2.75, 3.05) is 13.1 Å². The lowest BCUT2D eigenvalue weighted by molar-refractivity contribution is -0.121. The summed E-state index contributed by atoms with van der Waals surface area (Å²) in [6.45, 7) is 11.0. The Bertz CT molecular complexity index is 665. The van der Waals surface area contributed by atoms with Gasteiger partial charge in [0.05, 0.1) is 4.90 Å². The van der Waals surface area contributed by atoms with Crippen LogP contribution in [0.15, 0.2) is 29.2 Å². The molecule has 1 aromatic rings. The number of amides is 1. The molecule has 0 spiro atoms. The fourth-order valence-electron chi connectivity index (χ4n) is 3.05. The monoisotopic (exact) mass is 396 g/mol. The van der Waals surface area contributed by atoms with Crippen molar-refractivity contribution in [3.8, 4) is 0 Å². The number of hydrogen-bond acceptors (Lipinski definition) is 3. The Labute approximate surface area is 165 Å². The maximum Gasteiger partial charge on any atom is 0.243 e. The minimum absolute atomic E-state index is 0.0480. The van der Waals surface area contributed by atoms with Crippen LogP contribution < -0.4 is 5.32 Å². The van der Waals surface area contributed by atoms with Gasteiger partial charge in [0, 0.05) is 25.6 Å². The molecule has 0 radical (unpaired) electrons. The number of hydrogen-bond donors (Lipinski definition) is 1. The van der Waals surface area contributed by atoms with E-state index in [9.17, 15) is 13.2 Å². The maximum atomic E-state index is 12.5. The average molecular weight is 397 g/mol. The highest BCUT2D eigenvalue weighted by Crippen LogP contribution is 2.17. The van der Waals surface area contributed by atoms with Gasteiger partial charge >= 0.3 is 0 Å². The summed E-state index contributed by atoms with van der Waals surface area (Å²) >= 11 is 0. The van der Waals surface area contributed by atoms with E-state index in [0.29, 0.717) is 36.7 Å². The summed E-state index contributed by atoms with van der Waals surface area (Å²) in [5.74, 6) is 0.744. The first-order chi connectivity index (χ1) is 12.7. The molecule has 5 nitrogen and oxygen atoms in total. The van der Waals surface area contributed by atoms with Crippen LogP contribution in [-0.2, 0) is 21.2 Å². The van der Waals surface area contributed by atoms with Gasteiger partial charge in [-0.15, -0.1) is 0 Å². The van der Waals surface area contributed by atoms with Crippen molar-refractivity contribution < 1.29 is 13.2 Å². The Hall–Kier alpha value is -1.40. The third-order valence-electron chi connectivity index (χ3n) is 4.73. The van der Waals surface area contributed by atoms with Crippen molar-refractivity contribution >= 4 is 15.9 Å². The van der Waals surface area contributed by atoms with Gasteiger partial charge in [0.25, 0.3) is 0 Å². The van der Waals surface area contributed by atoms with Gasteiger partial charge in [-0.3, -0.25) is 4.79 Å². The Balaban J connectivity index is 2.51. The molecule has 0 saturated carbocycles. The molecule has 0 bridgehead atoms. The summed E-state index contributed by atoms with van der Waals surface area (Å²) in [7, 11) is -3.43. The van der Waals surface area contributed by atoms with E-state index in [0.717, 1.165) is 18.4 Å². The summed E-state index contributed by atoms with van der Waals surface area (Å²) in [4.78, 5) is 12.4. The minimum Gasteiger partial charge on any atom is -0.354 e. The van der Waals surface area contributed by atoms with Crippen LogP contribution in [-0.4, -0.2) is 37.8 Å². The molecule has 0 aromatic heterocycles. The maximum absolute atomic E-state index is 12.5. The van der Waals surface area contributed by atoms with Crippen molar-refractivity contribution in [3.05, 3.63) is 29.8 Å². The zero-order valence-electron chi connectivity index (χ0n) is 17.5. The molecule has 0 aliphatic heterocycles. The summed E-state index contributed by atoms with van der Waals surface area (Å²) < 4.78 is 26.4. The largest absolute Gasteiger partial charge is 0.354 e. The zero-order chi connectivity index (χ0) is 20.4. The zero-order valence-corrected chi connectivity index (χ0v) is 18.3. The summed E-state index contributed by atoms with van der Waals surface area (Å²) in [6.07, 6.45) is 4.33. The number of aryl methyl sites for hydroxylation is 1. The molecule has 0 fully saturated rings. The highest BCUT2D eigenvalue weighted by atomic mass is 32.2. The Morgan fingerprint density at radius 3 is 2.15 bits per heavy atom. The highest BCUT2D eigenvalue weighted by Gasteiger charge is 2.21. The fourth-order valence-corrected chi connectivity index (χ4v) is 4.51. The lowest BCUT2D eigenvalue weighted by Gasteiger charge is -2.18. The van der Waals surface area contributed by atoms with Crippen LogP contribution in [0.2, 0.25) is 0 Å². The highest BCUT2D eigenvalue weighted by molar-refractivity contribution is 7.89. The fraction of sp³-hybridized carbons (Fsp3) is 0.667. The lowest BCUT2D eigenvalue weighted by atomic mass is 10.0. The molecule has 1 rings (SSSR count). The number of sulfonamides is 1. The second-order valence-corrected chi connectivity index (χ2v) is 9.46. The number of nitrogens with zero attached hydrogens (tertiary/aromatic N) is 1. The van der Waals surface area contributed by atoms with E-state index < -0.39 is 10.0 Å². The van der Waals surface area contributed by atoms with Crippen LogP contribution in [0.4, 0.5) is 0 Å². The van der Waals surface area contributed by atoms with Crippen LogP contribution in [0.5, 0.6) is 0 Å². The van der Waals surface area contributed by atoms with Crippen molar-refractivity contribution in [2.45, 2.75) is 77.7 Å². The molecule has 0 saturated heterocycles. The van der Waals surface area contributed by atoms with Crippen LogP contribution in [0, 0.1) is 5.92 Å². The van der Waals surface area contributed by atoms with Crippen LogP contribution in [0.1, 0.15) is 65.9 Å². The minimum atomic E-state index is -3.43. The van der Waals surface area contributed by atoms with Crippen molar-refractivity contribution in [1.82, 2.24) is 9.62 Å². The van der Waals surface area contributed by atoms with Crippen molar-refractivity contribution in [3.63, 3.8) is 0 Å². The summed E-state index contributed by atoms with van der Waals surface area (Å²) in [5.41, 5.74) is 0.969. The normalized spacial score (nSPS) is 13.1. The molecule has 27 heavy (non-hydrogen) atoms. The van der Waals surface area contributed by atoms with E-state index in [-0.39, 0.29) is 11.9 Å². The molecule has 1 amide bonds. The third kappa shape index (κ3) is 8.01. The molecule has 0 aliphatic rings. The molecule has 1 N–H and O–H groups in total. The van der Waals surface area contributed by atoms with Crippen molar-refractivity contribution in [1.29, 1.82) is 0 Å².